The van der Waals surface area contributed by atoms with Crippen LogP contribution in [-0.4, -0.2) is 30.8 Å². The summed E-state index contributed by atoms with van der Waals surface area (Å²) in [7, 11) is 1.42. The maximum Gasteiger partial charge on any atom is 0.338 e. The first kappa shape index (κ1) is 17.4. The fraction of sp³-hybridized carbons (Fsp3) is 0.294. The van der Waals surface area contributed by atoms with Crippen molar-refractivity contribution in [1.29, 1.82) is 0 Å². The number of phenolic OH excluding ortho intramolecular Hbond substituents is 1. The van der Waals surface area contributed by atoms with E-state index >= 15 is 0 Å². The highest BCUT2D eigenvalue weighted by Crippen LogP contribution is 2.33. The molecule has 1 atom stereocenters. The highest BCUT2D eigenvalue weighted by molar-refractivity contribution is 5.95. The smallest absolute Gasteiger partial charge is 0.338 e. The molecule has 1 aromatic rings. The van der Waals surface area contributed by atoms with Crippen molar-refractivity contribution in [2.75, 3.05) is 13.7 Å². The molecule has 0 saturated heterocycles. The van der Waals surface area contributed by atoms with Crippen molar-refractivity contribution < 1.29 is 24.2 Å². The third kappa shape index (κ3) is 3.68. The van der Waals surface area contributed by atoms with Gasteiger partial charge in [0.15, 0.2) is 11.5 Å². The van der Waals surface area contributed by atoms with Gasteiger partial charge in [0.1, 0.15) is 6.61 Å². The molecule has 3 N–H and O–H groups in total. The third-order valence-electron chi connectivity index (χ3n) is 3.57. The van der Waals surface area contributed by atoms with Crippen LogP contribution in [0.15, 0.2) is 41.6 Å². The van der Waals surface area contributed by atoms with Crippen LogP contribution in [0.5, 0.6) is 11.5 Å². The maximum absolute atomic E-state index is 12.4. The van der Waals surface area contributed by atoms with Crippen molar-refractivity contribution in [3.05, 3.63) is 47.2 Å². The number of ether oxygens (including phenoxy) is 2. The second-order valence-corrected chi connectivity index (χ2v) is 5.17. The van der Waals surface area contributed by atoms with Crippen LogP contribution >= 0.6 is 0 Å². The minimum atomic E-state index is -0.702. The van der Waals surface area contributed by atoms with E-state index in [4.69, 9.17) is 9.47 Å². The van der Waals surface area contributed by atoms with Crippen LogP contribution in [0.1, 0.15) is 25.5 Å². The molecule has 7 nitrogen and oxygen atoms in total. The summed E-state index contributed by atoms with van der Waals surface area (Å²) in [6.45, 7) is 3.60. The number of methoxy groups -OCH3 is 1. The lowest BCUT2D eigenvalue weighted by molar-refractivity contribution is -0.138. The van der Waals surface area contributed by atoms with Gasteiger partial charge >= 0.3 is 12.0 Å². The molecule has 0 bridgehead atoms. The van der Waals surface area contributed by atoms with Gasteiger partial charge in [0.25, 0.3) is 0 Å². The predicted molar refractivity (Wildman–Crippen MR) is 87.5 cm³/mol. The van der Waals surface area contributed by atoms with Crippen molar-refractivity contribution in [2.45, 2.75) is 19.9 Å². The van der Waals surface area contributed by atoms with Crippen molar-refractivity contribution in [2.24, 2.45) is 0 Å². The number of urea groups is 1. The molecule has 2 rings (SSSR count). The van der Waals surface area contributed by atoms with E-state index in [1.807, 2.05) is 6.92 Å². The Hall–Kier alpha value is -2.96. The number of carbonyl (C=O) groups is 2. The Morgan fingerprint density at radius 1 is 1.42 bits per heavy atom. The summed E-state index contributed by atoms with van der Waals surface area (Å²) in [6.07, 6.45) is 3.49. The lowest BCUT2D eigenvalue weighted by atomic mass is 9.95. The third-order valence-corrected chi connectivity index (χ3v) is 3.57. The van der Waals surface area contributed by atoms with Gasteiger partial charge in [-0.3, -0.25) is 0 Å². The summed E-state index contributed by atoms with van der Waals surface area (Å²) in [5.41, 5.74) is 1.31. The monoisotopic (exact) mass is 332 g/mol. The summed E-state index contributed by atoms with van der Waals surface area (Å²) >= 11 is 0. The van der Waals surface area contributed by atoms with Gasteiger partial charge in [0.05, 0.1) is 18.7 Å². The number of esters is 1. The van der Waals surface area contributed by atoms with E-state index in [0.717, 1.165) is 0 Å². The lowest BCUT2D eigenvalue weighted by Crippen LogP contribution is -2.45. The Balaban J connectivity index is 2.39. The Labute approximate surface area is 140 Å². The summed E-state index contributed by atoms with van der Waals surface area (Å²) < 4.78 is 10.3. The lowest BCUT2D eigenvalue weighted by Gasteiger charge is -2.28. The Morgan fingerprint density at radius 3 is 2.83 bits per heavy atom. The van der Waals surface area contributed by atoms with Gasteiger partial charge in [0, 0.05) is 5.70 Å². The van der Waals surface area contributed by atoms with E-state index in [2.05, 4.69) is 10.6 Å². The highest BCUT2D eigenvalue weighted by Gasteiger charge is 2.32. The zero-order valence-corrected chi connectivity index (χ0v) is 13.8. The van der Waals surface area contributed by atoms with Gasteiger partial charge in [-0.25, -0.2) is 9.59 Å². The molecule has 0 spiro atoms. The predicted octanol–water partition coefficient (Wildman–Crippen LogP) is 2.15. The maximum atomic E-state index is 12.4. The molecule has 1 aliphatic rings. The molecule has 128 valence electrons. The van der Waals surface area contributed by atoms with Crippen molar-refractivity contribution in [3.63, 3.8) is 0 Å². The van der Waals surface area contributed by atoms with Gasteiger partial charge in [-0.1, -0.05) is 18.2 Å². The first-order valence-corrected chi connectivity index (χ1v) is 7.41. The molecule has 0 radical (unpaired) electrons. The molecule has 0 aliphatic carbocycles. The molecule has 0 saturated carbocycles. The number of nitrogens with one attached hydrogen (secondary N) is 2. The second kappa shape index (κ2) is 7.54. The van der Waals surface area contributed by atoms with Gasteiger partial charge in [-0.05, 0) is 31.5 Å². The molecule has 0 unspecified atom stereocenters. The Kier molecular flexibility index (Phi) is 5.47. The minimum absolute atomic E-state index is 0.0283. The molecule has 2 amide bonds. The number of rotatable bonds is 5. The van der Waals surface area contributed by atoms with E-state index in [9.17, 15) is 14.7 Å². The van der Waals surface area contributed by atoms with E-state index in [-0.39, 0.29) is 18.1 Å². The number of hydrogen-bond acceptors (Lipinski definition) is 5. The van der Waals surface area contributed by atoms with Gasteiger partial charge < -0.3 is 25.2 Å². The molecule has 1 aromatic carbocycles. The first-order chi connectivity index (χ1) is 11.5. The number of allylic oxidation sites excluding steroid dienone is 2. The quantitative estimate of drug-likeness (QED) is 0.567. The molecule has 1 aliphatic heterocycles. The van der Waals surface area contributed by atoms with Crippen LogP contribution in [0.2, 0.25) is 0 Å². The molecular formula is C17H20N2O5. The summed E-state index contributed by atoms with van der Waals surface area (Å²) in [6, 6.07) is 3.50. The fourth-order valence-electron chi connectivity index (χ4n) is 2.39. The average Bonchev–Trinajstić information content (AvgIpc) is 2.54. The van der Waals surface area contributed by atoms with Crippen molar-refractivity contribution >= 4 is 12.0 Å². The Morgan fingerprint density at radius 2 is 2.17 bits per heavy atom. The van der Waals surface area contributed by atoms with Crippen LogP contribution < -0.4 is 15.4 Å². The standard InChI is InChI=1S/C17H20N2O5/c1-4-5-8-24-16(21)14-10(2)18-17(22)19-15(14)11-6-7-12(20)13(9-11)23-3/h4-7,9,15,20H,8H2,1-3H3,(H2,18,19,22)/b5-4-/t15-/m1/s1. The average molecular weight is 332 g/mol. The first-order valence-electron chi connectivity index (χ1n) is 7.41. The van der Waals surface area contributed by atoms with Crippen LogP contribution in [0, 0.1) is 0 Å². The van der Waals surface area contributed by atoms with Crippen molar-refractivity contribution in [1.82, 2.24) is 10.6 Å². The van der Waals surface area contributed by atoms with Crippen LogP contribution in [-0.2, 0) is 9.53 Å². The van der Waals surface area contributed by atoms with Gasteiger partial charge in [0.2, 0.25) is 0 Å². The number of phenols is 1. The largest absolute Gasteiger partial charge is 0.504 e. The molecule has 0 fully saturated rings. The summed E-state index contributed by atoms with van der Waals surface area (Å²) in [4.78, 5) is 24.2. The van der Waals surface area contributed by atoms with E-state index in [0.29, 0.717) is 16.8 Å². The topological polar surface area (TPSA) is 96.9 Å². The molecule has 7 heteroatoms. The Bertz CT molecular complexity index is 709. The van der Waals surface area contributed by atoms with Gasteiger partial charge in [-0.15, -0.1) is 0 Å². The SMILES string of the molecule is C/C=C\COC(=O)C1=C(C)NC(=O)N[C@@H]1c1ccc(O)c(OC)c1. The van der Waals surface area contributed by atoms with E-state index < -0.39 is 18.0 Å². The molecule has 0 aromatic heterocycles. The number of amides is 2. The van der Waals surface area contributed by atoms with Gasteiger partial charge in [-0.2, -0.15) is 0 Å². The number of hydrogen-bond donors (Lipinski definition) is 3. The fourth-order valence-corrected chi connectivity index (χ4v) is 2.39. The zero-order valence-electron chi connectivity index (χ0n) is 13.8. The number of carbonyl (C=O) groups excluding carboxylic acids is 2. The van der Waals surface area contributed by atoms with E-state index in [1.54, 1.807) is 31.2 Å². The summed E-state index contributed by atoms with van der Waals surface area (Å²) in [5.74, 6) is -0.311. The van der Waals surface area contributed by atoms with Crippen LogP contribution in [0.25, 0.3) is 0 Å². The number of benzene rings is 1. The summed E-state index contributed by atoms with van der Waals surface area (Å²) in [5, 5.41) is 15.0. The highest BCUT2D eigenvalue weighted by atomic mass is 16.5. The second-order valence-electron chi connectivity index (χ2n) is 5.17. The molecule has 1 heterocycles. The number of aromatic hydroxyl groups is 1. The molecular weight excluding hydrogens is 312 g/mol. The van der Waals surface area contributed by atoms with E-state index in [1.165, 1.54) is 13.2 Å². The van der Waals surface area contributed by atoms with Crippen LogP contribution in [0.3, 0.4) is 0 Å². The molecule has 24 heavy (non-hydrogen) atoms. The van der Waals surface area contributed by atoms with Crippen molar-refractivity contribution in [3.8, 4) is 11.5 Å². The minimum Gasteiger partial charge on any atom is -0.504 e. The normalized spacial score (nSPS) is 17.5. The van der Waals surface area contributed by atoms with Crippen LogP contribution in [0.4, 0.5) is 4.79 Å². The zero-order chi connectivity index (χ0) is 17.7.